The molecule has 0 saturated carbocycles. The highest BCUT2D eigenvalue weighted by Gasteiger charge is 2.24. The molecule has 0 spiro atoms. The summed E-state index contributed by atoms with van der Waals surface area (Å²) in [5.74, 6) is 2.14. The molecular weight excluding hydrogens is 497 g/mol. The van der Waals surface area contributed by atoms with Crippen LogP contribution in [0.25, 0.3) is 11.3 Å². The number of aromatic nitrogens is 2. The maximum atomic E-state index is 13.5. The van der Waals surface area contributed by atoms with Crippen LogP contribution in [-0.2, 0) is 20.1 Å². The first-order valence-electron chi connectivity index (χ1n) is 12.7. The fraction of sp³-hybridized carbons (Fsp3) is 0.194. The Morgan fingerprint density at radius 1 is 0.897 bits per heavy atom. The van der Waals surface area contributed by atoms with Gasteiger partial charge in [-0.1, -0.05) is 48.5 Å². The predicted molar refractivity (Wildman–Crippen MR) is 146 cm³/mol. The van der Waals surface area contributed by atoms with Crippen molar-refractivity contribution in [1.82, 2.24) is 14.7 Å². The van der Waals surface area contributed by atoms with E-state index in [9.17, 15) is 9.50 Å². The van der Waals surface area contributed by atoms with Crippen molar-refractivity contribution in [3.63, 3.8) is 0 Å². The van der Waals surface area contributed by atoms with Gasteiger partial charge in [0.25, 0.3) is 0 Å². The molecule has 0 saturated heterocycles. The van der Waals surface area contributed by atoms with E-state index >= 15 is 0 Å². The molecule has 8 heteroatoms. The molecule has 0 unspecified atom stereocenters. The number of ether oxygens (including phenoxy) is 2. The molecule has 0 aliphatic heterocycles. The van der Waals surface area contributed by atoms with Gasteiger partial charge >= 0.3 is 0 Å². The molecule has 5 aromatic rings. The molecule has 39 heavy (non-hydrogen) atoms. The SMILES string of the molecule is Cn1nc(-c2ccccc2)c(CN(Cc2ccco2)C[C@H](O)COc2ccccc2)c1Oc1ccc(F)cc1. The highest BCUT2D eigenvalue weighted by atomic mass is 19.1. The summed E-state index contributed by atoms with van der Waals surface area (Å²) in [4.78, 5) is 2.07. The first-order chi connectivity index (χ1) is 19.0. The molecule has 2 aromatic heterocycles. The zero-order chi connectivity index (χ0) is 27.0. The van der Waals surface area contributed by atoms with Gasteiger partial charge in [0, 0.05) is 25.7 Å². The molecule has 0 bridgehead atoms. The van der Waals surface area contributed by atoms with E-state index in [1.807, 2.05) is 79.8 Å². The van der Waals surface area contributed by atoms with Gasteiger partial charge in [-0.2, -0.15) is 5.10 Å². The number of hydrogen-bond donors (Lipinski definition) is 1. The first-order valence-corrected chi connectivity index (χ1v) is 12.7. The number of para-hydroxylation sites is 1. The summed E-state index contributed by atoms with van der Waals surface area (Å²) in [5.41, 5.74) is 2.52. The minimum atomic E-state index is -0.765. The van der Waals surface area contributed by atoms with Gasteiger partial charge in [0.15, 0.2) is 0 Å². The monoisotopic (exact) mass is 527 g/mol. The smallest absolute Gasteiger partial charge is 0.222 e. The van der Waals surface area contributed by atoms with Gasteiger partial charge in [-0.3, -0.25) is 4.90 Å². The number of rotatable bonds is 12. The van der Waals surface area contributed by atoms with Crippen LogP contribution >= 0.6 is 0 Å². The van der Waals surface area contributed by atoms with E-state index in [-0.39, 0.29) is 12.4 Å². The topological polar surface area (TPSA) is 72.9 Å². The van der Waals surface area contributed by atoms with Crippen molar-refractivity contribution in [3.8, 4) is 28.6 Å². The lowest BCUT2D eigenvalue weighted by molar-refractivity contribution is 0.0602. The van der Waals surface area contributed by atoms with Crippen molar-refractivity contribution >= 4 is 0 Å². The van der Waals surface area contributed by atoms with E-state index in [1.165, 1.54) is 12.1 Å². The van der Waals surface area contributed by atoms with Gasteiger partial charge in [-0.25, -0.2) is 9.07 Å². The molecule has 200 valence electrons. The fourth-order valence-corrected chi connectivity index (χ4v) is 4.36. The highest BCUT2D eigenvalue weighted by Crippen LogP contribution is 2.34. The molecule has 1 N–H and O–H groups in total. The normalized spacial score (nSPS) is 12.0. The number of nitrogens with zero attached hydrogens (tertiary/aromatic N) is 3. The summed E-state index contributed by atoms with van der Waals surface area (Å²) >= 11 is 0. The Hall–Kier alpha value is -4.40. The summed E-state index contributed by atoms with van der Waals surface area (Å²) in [6.45, 7) is 1.30. The maximum absolute atomic E-state index is 13.5. The zero-order valence-electron chi connectivity index (χ0n) is 21.6. The Kier molecular flexibility index (Phi) is 8.36. The van der Waals surface area contributed by atoms with Crippen LogP contribution in [-0.4, -0.2) is 39.0 Å². The minimum absolute atomic E-state index is 0.135. The summed E-state index contributed by atoms with van der Waals surface area (Å²) in [5, 5.41) is 15.7. The van der Waals surface area contributed by atoms with Crippen LogP contribution in [0.4, 0.5) is 4.39 Å². The molecular formula is C31H30FN3O4. The molecule has 2 heterocycles. The zero-order valence-corrected chi connectivity index (χ0v) is 21.6. The summed E-state index contributed by atoms with van der Waals surface area (Å²) < 4.78 is 32.9. The Morgan fingerprint density at radius 3 is 2.31 bits per heavy atom. The van der Waals surface area contributed by atoms with Crippen LogP contribution in [0, 0.1) is 5.82 Å². The highest BCUT2D eigenvalue weighted by molar-refractivity contribution is 5.65. The second-order valence-corrected chi connectivity index (χ2v) is 9.20. The third-order valence-electron chi connectivity index (χ3n) is 6.16. The van der Waals surface area contributed by atoms with E-state index in [0.717, 1.165) is 22.6 Å². The quantitative estimate of drug-likeness (QED) is 0.213. The summed E-state index contributed by atoms with van der Waals surface area (Å²) in [6, 6.07) is 28.9. The third-order valence-corrected chi connectivity index (χ3v) is 6.16. The Labute approximate surface area is 226 Å². The van der Waals surface area contributed by atoms with Crippen molar-refractivity contribution < 1.29 is 23.4 Å². The van der Waals surface area contributed by atoms with E-state index in [1.54, 1.807) is 23.1 Å². The molecule has 0 fully saturated rings. The van der Waals surface area contributed by atoms with Crippen LogP contribution in [0.15, 0.2) is 108 Å². The molecule has 0 aliphatic carbocycles. The molecule has 0 aliphatic rings. The maximum Gasteiger partial charge on any atom is 0.222 e. The lowest BCUT2D eigenvalue weighted by atomic mass is 10.1. The molecule has 0 radical (unpaired) electrons. The van der Waals surface area contributed by atoms with Crippen molar-refractivity contribution in [2.75, 3.05) is 13.2 Å². The second-order valence-electron chi connectivity index (χ2n) is 9.20. The first kappa shape index (κ1) is 26.2. The molecule has 3 aromatic carbocycles. The molecule has 1 atom stereocenters. The number of halogens is 1. The molecule has 0 amide bonds. The standard InChI is InChI=1S/C31H30FN3O4/c1-34-31(39-27-16-14-24(32)15-17-27)29(30(33-34)23-9-4-2-5-10-23)21-35(20-28-13-8-18-37-28)19-25(36)22-38-26-11-6-3-7-12-26/h2-18,25,36H,19-22H2,1H3/t25-/m0/s1. The lowest BCUT2D eigenvalue weighted by Crippen LogP contribution is -2.35. The number of aliphatic hydroxyl groups is 1. The van der Waals surface area contributed by atoms with Gasteiger partial charge in [0.2, 0.25) is 5.88 Å². The number of hydrogen-bond acceptors (Lipinski definition) is 6. The van der Waals surface area contributed by atoms with E-state index in [0.29, 0.717) is 37.0 Å². The van der Waals surface area contributed by atoms with Crippen LogP contribution < -0.4 is 9.47 Å². The average Bonchev–Trinajstić information content (AvgIpc) is 3.58. The van der Waals surface area contributed by atoms with Crippen molar-refractivity contribution in [3.05, 3.63) is 120 Å². The van der Waals surface area contributed by atoms with E-state index < -0.39 is 6.10 Å². The predicted octanol–water partition coefficient (Wildman–Crippen LogP) is 6.05. The molecule has 7 nitrogen and oxygen atoms in total. The lowest BCUT2D eigenvalue weighted by Gasteiger charge is -2.25. The van der Waals surface area contributed by atoms with Gasteiger partial charge in [-0.15, -0.1) is 0 Å². The largest absolute Gasteiger partial charge is 0.491 e. The van der Waals surface area contributed by atoms with Gasteiger partial charge in [0.05, 0.1) is 18.4 Å². The number of aryl methyl sites for hydroxylation is 1. The van der Waals surface area contributed by atoms with Crippen molar-refractivity contribution in [1.29, 1.82) is 0 Å². The number of furan rings is 1. The second kappa shape index (κ2) is 12.4. The van der Waals surface area contributed by atoms with Crippen LogP contribution in [0.1, 0.15) is 11.3 Å². The van der Waals surface area contributed by atoms with Gasteiger partial charge in [0.1, 0.15) is 41.5 Å². The van der Waals surface area contributed by atoms with Crippen molar-refractivity contribution in [2.24, 2.45) is 7.05 Å². The van der Waals surface area contributed by atoms with Crippen LogP contribution in [0.2, 0.25) is 0 Å². The fourth-order valence-electron chi connectivity index (χ4n) is 4.36. The van der Waals surface area contributed by atoms with E-state index in [2.05, 4.69) is 4.90 Å². The van der Waals surface area contributed by atoms with Crippen molar-refractivity contribution in [2.45, 2.75) is 19.2 Å². The summed E-state index contributed by atoms with van der Waals surface area (Å²) in [7, 11) is 1.81. The Bertz CT molecular complexity index is 1440. The van der Waals surface area contributed by atoms with Gasteiger partial charge in [-0.05, 0) is 48.5 Å². The van der Waals surface area contributed by atoms with E-state index in [4.69, 9.17) is 19.0 Å². The van der Waals surface area contributed by atoms with Gasteiger partial charge < -0.3 is 19.0 Å². The third kappa shape index (κ3) is 6.93. The Morgan fingerprint density at radius 2 is 1.62 bits per heavy atom. The minimum Gasteiger partial charge on any atom is -0.491 e. The Balaban J connectivity index is 1.44. The van der Waals surface area contributed by atoms with Crippen LogP contribution in [0.3, 0.4) is 0 Å². The summed E-state index contributed by atoms with van der Waals surface area (Å²) in [6.07, 6.45) is 0.865. The molecule has 5 rings (SSSR count). The average molecular weight is 528 g/mol. The number of aliphatic hydroxyl groups excluding tert-OH is 1. The van der Waals surface area contributed by atoms with Crippen LogP contribution in [0.5, 0.6) is 17.4 Å². The number of benzene rings is 3.